The minimum absolute atomic E-state index is 0.00218. The smallest absolute Gasteiger partial charge is 0.261 e. The van der Waals surface area contributed by atoms with Gasteiger partial charge in [0.15, 0.2) is 11.5 Å². The maximum absolute atomic E-state index is 13.1. The van der Waals surface area contributed by atoms with Crippen molar-refractivity contribution in [3.8, 4) is 11.5 Å². The molecule has 0 fully saturated rings. The first-order chi connectivity index (χ1) is 16.5. The van der Waals surface area contributed by atoms with Gasteiger partial charge in [-0.1, -0.05) is 32.0 Å². The number of carbonyl (C=O) groups excluding carboxylic acids is 1. The van der Waals surface area contributed by atoms with Crippen LogP contribution in [0.4, 0.5) is 0 Å². The standard InChI is InChI=1S/C27H35N3O4/c1-5-14-29(18-21-11-12-23(34-16-6-2)24(17-21)33-7-3)25(31)13-15-30-19-28-26-20(4)9-8-10-22(26)27(30)32/h8-12,17,19H,5-7,13-16,18H2,1-4H3. The van der Waals surface area contributed by atoms with E-state index in [-0.39, 0.29) is 17.9 Å². The summed E-state index contributed by atoms with van der Waals surface area (Å²) >= 11 is 0. The highest BCUT2D eigenvalue weighted by Gasteiger charge is 2.16. The summed E-state index contributed by atoms with van der Waals surface area (Å²) in [5, 5.41) is 0.578. The third-order valence-corrected chi connectivity index (χ3v) is 5.61. The van der Waals surface area contributed by atoms with Crippen molar-refractivity contribution < 1.29 is 14.3 Å². The lowest BCUT2D eigenvalue weighted by atomic mass is 10.1. The van der Waals surface area contributed by atoms with Crippen LogP contribution >= 0.6 is 0 Å². The topological polar surface area (TPSA) is 73.7 Å². The summed E-state index contributed by atoms with van der Waals surface area (Å²) in [5.41, 5.74) is 2.53. The zero-order chi connectivity index (χ0) is 24.5. The number of rotatable bonds is 12. The van der Waals surface area contributed by atoms with E-state index in [0.717, 1.165) is 29.7 Å². The first kappa shape index (κ1) is 25.3. The van der Waals surface area contributed by atoms with Crippen LogP contribution in [0.2, 0.25) is 0 Å². The molecule has 34 heavy (non-hydrogen) atoms. The van der Waals surface area contributed by atoms with Crippen molar-refractivity contribution >= 4 is 16.8 Å². The first-order valence-corrected chi connectivity index (χ1v) is 12.1. The molecule has 0 aliphatic carbocycles. The minimum Gasteiger partial charge on any atom is -0.490 e. The molecular formula is C27H35N3O4. The number of hydrogen-bond acceptors (Lipinski definition) is 5. The molecule has 0 saturated heterocycles. The Morgan fingerprint density at radius 2 is 1.88 bits per heavy atom. The number of ether oxygens (including phenoxy) is 2. The molecule has 7 heteroatoms. The number of carbonyl (C=O) groups is 1. The Bertz CT molecular complexity index is 1170. The normalized spacial score (nSPS) is 10.9. The van der Waals surface area contributed by atoms with Gasteiger partial charge in [-0.2, -0.15) is 0 Å². The highest BCUT2D eigenvalue weighted by atomic mass is 16.5. The van der Waals surface area contributed by atoms with Gasteiger partial charge in [-0.15, -0.1) is 0 Å². The van der Waals surface area contributed by atoms with Gasteiger partial charge >= 0.3 is 0 Å². The molecule has 7 nitrogen and oxygen atoms in total. The lowest BCUT2D eigenvalue weighted by Gasteiger charge is -2.23. The van der Waals surface area contributed by atoms with Crippen molar-refractivity contribution in [1.29, 1.82) is 0 Å². The van der Waals surface area contributed by atoms with Crippen molar-refractivity contribution in [2.45, 2.75) is 60.0 Å². The molecule has 182 valence electrons. The van der Waals surface area contributed by atoms with E-state index < -0.39 is 0 Å². The molecule has 0 N–H and O–H groups in total. The molecule has 0 aliphatic heterocycles. The van der Waals surface area contributed by atoms with Crippen molar-refractivity contribution in [2.75, 3.05) is 19.8 Å². The van der Waals surface area contributed by atoms with Crippen LogP contribution in [0, 0.1) is 6.92 Å². The minimum atomic E-state index is -0.118. The van der Waals surface area contributed by atoms with Crippen molar-refractivity contribution in [3.63, 3.8) is 0 Å². The molecule has 1 amide bonds. The van der Waals surface area contributed by atoms with Crippen LogP contribution in [0.1, 0.15) is 51.2 Å². The Balaban J connectivity index is 1.72. The molecule has 0 unspecified atom stereocenters. The molecule has 0 aliphatic rings. The van der Waals surface area contributed by atoms with Crippen LogP contribution in [0.25, 0.3) is 10.9 Å². The van der Waals surface area contributed by atoms with Gasteiger partial charge < -0.3 is 14.4 Å². The second-order valence-electron chi connectivity index (χ2n) is 8.34. The van der Waals surface area contributed by atoms with E-state index in [1.165, 1.54) is 4.57 Å². The summed E-state index contributed by atoms with van der Waals surface area (Å²) in [7, 11) is 0. The summed E-state index contributed by atoms with van der Waals surface area (Å²) in [6, 6.07) is 11.4. The Morgan fingerprint density at radius 3 is 2.62 bits per heavy atom. The van der Waals surface area contributed by atoms with Crippen LogP contribution in [0.3, 0.4) is 0 Å². The van der Waals surface area contributed by atoms with Crippen LogP contribution in [0.15, 0.2) is 47.5 Å². The van der Waals surface area contributed by atoms with Crippen LogP contribution < -0.4 is 15.0 Å². The largest absolute Gasteiger partial charge is 0.490 e. The number of nitrogens with zero attached hydrogens (tertiary/aromatic N) is 3. The Hall–Kier alpha value is -3.35. The van der Waals surface area contributed by atoms with Crippen LogP contribution in [-0.4, -0.2) is 40.1 Å². The summed E-state index contributed by atoms with van der Waals surface area (Å²) in [4.78, 5) is 32.2. The lowest BCUT2D eigenvalue weighted by Crippen LogP contribution is -2.33. The molecule has 1 aromatic heterocycles. The van der Waals surface area contributed by atoms with Gasteiger partial charge in [-0.3, -0.25) is 14.2 Å². The Morgan fingerprint density at radius 1 is 1.06 bits per heavy atom. The molecular weight excluding hydrogens is 430 g/mol. The van der Waals surface area contributed by atoms with Gasteiger partial charge in [0.05, 0.1) is 30.4 Å². The van der Waals surface area contributed by atoms with E-state index in [1.54, 1.807) is 12.4 Å². The van der Waals surface area contributed by atoms with Crippen molar-refractivity contribution in [3.05, 3.63) is 64.2 Å². The second-order valence-corrected chi connectivity index (χ2v) is 8.34. The van der Waals surface area contributed by atoms with Gasteiger partial charge in [-0.25, -0.2) is 4.98 Å². The highest BCUT2D eigenvalue weighted by Crippen LogP contribution is 2.29. The third kappa shape index (κ3) is 6.16. The van der Waals surface area contributed by atoms with Crippen LogP contribution in [-0.2, 0) is 17.9 Å². The maximum atomic E-state index is 13.1. The lowest BCUT2D eigenvalue weighted by molar-refractivity contribution is -0.132. The molecule has 0 spiro atoms. The number of aryl methyl sites for hydroxylation is 2. The van der Waals surface area contributed by atoms with E-state index in [9.17, 15) is 9.59 Å². The molecule has 0 saturated carbocycles. The predicted octanol–water partition coefficient (Wildman–Crippen LogP) is 4.72. The molecule has 0 atom stereocenters. The number of benzene rings is 2. The van der Waals surface area contributed by atoms with Gasteiger partial charge in [0.25, 0.3) is 5.56 Å². The first-order valence-electron chi connectivity index (χ1n) is 12.1. The maximum Gasteiger partial charge on any atom is 0.261 e. The molecule has 2 aromatic carbocycles. The Kier molecular flexibility index (Phi) is 9.08. The number of amides is 1. The summed E-state index contributed by atoms with van der Waals surface area (Å²) in [5.74, 6) is 1.42. The predicted molar refractivity (Wildman–Crippen MR) is 134 cm³/mol. The van der Waals surface area contributed by atoms with Gasteiger partial charge in [-0.05, 0) is 56.0 Å². The zero-order valence-electron chi connectivity index (χ0n) is 20.7. The number of fused-ring (bicyclic) bond motifs is 1. The van der Waals surface area contributed by atoms with E-state index in [2.05, 4.69) is 11.9 Å². The fourth-order valence-corrected chi connectivity index (χ4v) is 3.90. The molecule has 0 bridgehead atoms. The van der Waals surface area contributed by atoms with E-state index >= 15 is 0 Å². The van der Waals surface area contributed by atoms with E-state index in [1.807, 2.05) is 56.0 Å². The van der Waals surface area contributed by atoms with Gasteiger partial charge in [0, 0.05) is 26.1 Å². The average Bonchev–Trinajstić information content (AvgIpc) is 2.83. The highest BCUT2D eigenvalue weighted by molar-refractivity contribution is 5.80. The second kappa shape index (κ2) is 12.2. The van der Waals surface area contributed by atoms with E-state index in [0.29, 0.717) is 49.5 Å². The number of aromatic nitrogens is 2. The summed E-state index contributed by atoms with van der Waals surface area (Å²) in [6.07, 6.45) is 3.54. The quantitative estimate of drug-likeness (QED) is 0.387. The SMILES string of the molecule is CCCOc1ccc(CN(CCC)C(=O)CCn2cnc3c(C)cccc3c2=O)cc1OCC. The monoisotopic (exact) mass is 465 g/mol. The third-order valence-electron chi connectivity index (χ3n) is 5.61. The molecule has 3 aromatic rings. The number of para-hydroxylation sites is 1. The van der Waals surface area contributed by atoms with Crippen LogP contribution in [0.5, 0.6) is 11.5 Å². The van der Waals surface area contributed by atoms with E-state index in [4.69, 9.17) is 9.47 Å². The molecule has 0 radical (unpaired) electrons. The van der Waals surface area contributed by atoms with Crippen molar-refractivity contribution in [1.82, 2.24) is 14.5 Å². The zero-order valence-corrected chi connectivity index (χ0v) is 20.7. The Labute approximate surface area is 201 Å². The summed E-state index contributed by atoms with van der Waals surface area (Å²) < 4.78 is 13.1. The molecule has 1 heterocycles. The van der Waals surface area contributed by atoms with Gasteiger partial charge in [0.2, 0.25) is 5.91 Å². The average molecular weight is 466 g/mol. The fourth-order valence-electron chi connectivity index (χ4n) is 3.90. The molecule has 3 rings (SSSR count). The fraction of sp³-hybridized carbons (Fsp3) is 0.444. The van der Waals surface area contributed by atoms with Crippen molar-refractivity contribution in [2.24, 2.45) is 0 Å². The van der Waals surface area contributed by atoms with Gasteiger partial charge in [0.1, 0.15) is 0 Å². The number of hydrogen-bond donors (Lipinski definition) is 0. The summed E-state index contributed by atoms with van der Waals surface area (Å²) in [6.45, 7) is 10.6.